The Kier molecular flexibility index (Phi) is 7.00. The Morgan fingerprint density at radius 1 is 1.15 bits per heavy atom. The van der Waals surface area contributed by atoms with Crippen molar-refractivity contribution >= 4 is 21.6 Å². The third-order valence-corrected chi connectivity index (χ3v) is 3.88. The molecule has 0 fully saturated rings. The molecule has 1 rings (SSSR count). The highest BCUT2D eigenvalue weighted by Gasteiger charge is 2.13. The zero-order valence-electron chi connectivity index (χ0n) is 13.4. The molecule has 0 amide bonds. The molecular weight excluding hydrogens is 314 g/mol. The van der Waals surface area contributed by atoms with Gasteiger partial charge in [0.05, 0.1) is 5.69 Å². The molecule has 4 heteroatoms. The molecule has 3 nitrogen and oxygen atoms in total. The molecule has 20 heavy (non-hydrogen) atoms. The highest BCUT2D eigenvalue weighted by atomic mass is 79.9. The van der Waals surface area contributed by atoms with Gasteiger partial charge in [0.25, 0.3) is 0 Å². The van der Waals surface area contributed by atoms with Crippen LogP contribution in [0.25, 0.3) is 0 Å². The van der Waals surface area contributed by atoms with Gasteiger partial charge in [0.1, 0.15) is 0 Å². The summed E-state index contributed by atoms with van der Waals surface area (Å²) in [6.07, 6.45) is 0. The molecule has 0 saturated carbocycles. The number of nitrogens with two attached hydrogens (primary N) is 1. The lowest BCUT2D eigenvalue weighted by molar-refractivity contribution is 0.409. The maximum Gasteiger partial charge on any atom is 0.0511 e. The SMILES string of the molecule is CC(C)CN(CCN(C)C)c1ccc([C@@H](C)N)cc1Br. The fourth-order valence-electron chi connectivity index (χ4n) is 2.13. The third-order valence-electron chi connectivity index (χ3n) is 3.24. The Balaban J connectivity index is 2.94. The molecule has 0 aliphatic rings. The van der Waals surface area contributed by atoms with Gasteiger partial charge in [-0.2, -0.15) is 0 Å². The summed E-state index contributed by atoms with van der Waals surface area (Å²) >= 11 is 3.70. The minimum atomic E-state index is 0.0701. The predicted molar refractivity (Wildman–Crippen MR) is 92.3 cm³/mol. The summed E-state index contributed by atoms with van der Waals surface area (Å²) < 4.78 is 1.13. The van der Waals surface area contributed by atoms with Crippen LogP contribution in [-0.4, -0.2) is 38.6 Å². The van der Waals surface area contributed by atoms with Gasteiger partial charge in [0.2, 0.25) is 0 Å². The molecule has 0 unspecified atom stereocenters. The van der Waals surface area contributed by atoms with E-state index in [-0.39, 0.29) is 6.04 Å². The van der Waals surface area contributed by atoms with Gasteiger partial charge < -0.3 is 15.5 Å². The Hall–Kier alpha value is -0.580. The number of hydrogen-bond donors (Lipinski definition) is 1. The number of nitrogens with zero attached hydrogens (tertiary/aromatic N) is 2. The smallest absolute Gasteiger partial charge is 0.0511 e. The van der Waals surface area contributed by atoms with E-state index < -0.39 is 0 Å². The highest BCUT2D eigenvalue weighted by Crippen LogP contribution is 2.29. The van der Waals surface area contributed by atoms with Crippen LogP contribution >= 0.6 is 15.9 Å². The largest absolute Gasteiger partial charge is 0.369 e. The molecule has 0 bridgehead atoms. The molecule has 114 valence electrons. The fourth-order valence-corrected chi connectivity index (χ4v) is 2.78. The van der Waals surface area contributed by atoms with Gasteiger partial charge in [-0.3, -0.25) is 0 Å². The molecule has 0 heterocycles. The van der Waals surface area contributed by atoms with E-state index in [9.17, 15) is 0 Å². The summed E-state index contributed by atoms with van der Waals surface area (Å²) in [5.74, 6) is 0.636. The number of likely N-dealkylation sites (N-methyl/N-ethyl adjacent to an activating group) is 1. The van der Waals surface area contributed by atoms with Gasteiger partial charge in [0, 0.05) is 30.1 Å². The second kappa shape index (κ2) is 8.01. The van der Waals surface area contributed by atoms with Crippen molar-refractivity contribution in [3.05, 3.63) is 28.2 Å². The number of benzene rings is 1. The Bertz CT molecular complexity index is 416. The molecule has 0 aliphatic heterocycles. The van der Waals surface area contributed by atoms with E-state index in [1.807, 2.05) is 6.92 Å². The van der Waals surface area contributed by atoms with Gasteiger partial charge in [-0.15, -0.1) is 0 Å². The van der Waals surface area contributed by atoms with Crippen LogP contribution in [0.4, 0.5) is 5.69 Å². The maximum absolute atomic E-state index is 5.95. The van der Waals surface area contributed by atoms with Crippen molar-refractivity contribution in [2.45, 2.75) is 26.8 Å². The van der Waals surface area contributed by atoms with E-state index in [0.717, 1.165) is 29.7 Å². The lowest BCUT2D eigenvalue weighted by atomic mass is 10.1. The van der Waals surface area contributed by atoms with Crippen molar-refractivity contribution in [3.63, 3.8) is 0 Å². The Labute approximate surface area is 132 Å². The van der Waals surface area contributed by atoms with Crippen LogP contribution in [0, 0.1) is 5.92 Å². The van der Waals surface area contributed by atoms with E-state index >= 15 is 0 Å². The van der Waals surface area contributed by atoms with Gasteiger partial charge in [-0.25, -0.2) is 0 Å². The van der Waals surface area contributed by atoms with Crippen LogP contribution < -0.4 is 10.6 Å². The molecule has 1 aromatic rings. The first-order valence-corrected chi connectivity index (χ1v) is 8.05. The van der Waals surface area contributed by atoms with E-state index in [2.05, 4.69) is 71.9 Å². The van der Waals surface area contributed by atoms with Crippen molar-refractivity contribution in [2.24, 2.45) is 11.7 Å². The van der Waals surface area contributed by atoms with Gasteiger partial charge >= 0.3 is 0 Å². The van der Waals surface area contributed by atoms with E-state index in [1.165, 1.54) is 5.69 Å². The number of halogens is 1. The van der Waals surface area contributed by atoms with Crippen molar-refractivity contribution in [2.75, 3.05) is 38.6 Å². The van der Waals surface area contributed by atoms with Gasteiger partial charge in [-0.1, -0.05) is 19.9 Å². The normalized spacial score (nSPS) is 13.1. The molecule has 0 aliphatic carbocycles. The van der Waals surface area contributed by atoms with Crippen LogP contribution in [0.1, 0.15) is 32.4 Å². The maximum atomic E-state index is 5.95. The predicted octanol–water partition coefficient (Wildman–Crippen LogP) is 3.49. The minimum Gasteiger partial charge on any atom is -0.369 e. The lowest BCUT2D eigenvalue weighted by Gasteiger charge is -2.29. The van der Waals surface area contributed by atoms with E-state index in [4.69, 9.17) is 5.73 Å². The second-order valence-corrected chi connectivity index (χ2v) is 7.00. The number of rotatable bonds is 7. The zero-order valence-corrected chi connectivity index (χ0v) is 14.9. The molecule has 0 saturated heterocycles. The summed E-state index contributed by atoms with van der Waals surface area (Å²) in [5, 5.41) is 0. The summed E-state index contributed by atoms with van der Waals surface area (Å²) in [4.78, 5) is 4.66. The second-order valence-electron chi connectivity index (χ2n) is 6.14. The fraction of sp³-hybridized carbons (Fsp3) is 0.625. The Morgan fingerprint density at radius 2 is 1.80 bits per heavy atom. The first-order chi connectivity index (χ1) is 9.31. The minimum absolute atomic E-state index is 0.0701. The molecular formula is C16H28BrN3. The van der Waals surface area contributed by atoms with Crippen molar-refractivity contribution in [3.8, 4) is 0 Å². The van der Waals surface area contributed by atoms with Crippen molar-refractivity contribution in [1.29, 1.82) is 0 Å². The van der Waals surface area contributed by atoms with Crippen LogP contribution in [0.15, 0.2) is 22.7 Å². The third kappa shape index (κ3) is 5.43. The summed E-state index contributed by atoms with van der Waals surface area (Å²) in [5.41, 5.74) is 8.37. The van der Waals surface area contributed by atoms with Crippen LogP contribution in [0.2, 0.25) is 0 Å². The molecule has 1 atom stereocenters. The van der Waals surface area contributed by atoms with Crippen molar-refractivity contribution in [1.82, 2.24) is 4.90 Å². The summed E-state index contributed by atoms with van der Waals surface area (Å²) in [6, 6.07) is 6.53. The average Bonchev–Trinajstić information content (AvgIpc) is 2.33. The average molecular weight is 342 g/mol. The first-order valence-electron chi connectivity index (χ1n) is 7.26. The monoisotopic (exact) mass is 341 g/mol. The van der Waals surface area contributed by atoms with E-state index in [0.29, 0.717) is 5.92 Å². The molecule has 0 spiro atoms. The first kappa shape index (κ1) is 17.5. The Morgan fingerprint density at radius 3 is 2.25 bits per heavy atom. The molecule has 2 N–H and O–H groups in total. The standard InChI is InChI=1S/C16H28BrN3/c1-12(2)11-20(9-8-19(4)5)16-7-6-14(13(3)18)10-15(16)17/h6-7,10,12-13H,8-9,11,18H2,1-5H3/t13-/m1/s1. The zero-order chi connectivity index (χ0) is 15.3. The van der Waals surface area contributed by atoms with E-state index in [1.54, 1.807) is 0 Å². The topological polar surface area (TPSA) is 32.5 Å². The molecule has 1 aromatic carbocycles. The summed E-state index contributed by atoms with van der Waals surface area (Å²) in [7, 11) is 4.23. The quantitative estimate of drug-likeness (QED) is 0.823. The van der Waals surface area contributed by atoms with Crippen molar-refractivity contribution < 1.29 is 0 Å². The number of anilines is 1. The van der Waals surface area contributed by atoms with Gasteiger partial charge in [0.15, 0.2) is 0 Å². The molecule has 0 radical (unpaired) electrons. The van der Waals surface area contributed by atoms with Gasteiger partial charge in [-0.05, 0) is 60.6 Å². The van der Waals surface area contributed by atoms with Crippen LogP contribution in [-0.2, 0) is 0 Å². The highest BCUT2D eigenvalue weighted by molar-refractivity contribution is 9.10. The molecule has 0 aromatic heterocycles. The van der Waals surface area contributed by atoms with Crippen LogP contribution in [0.3, 0.4) is 0 Å². The summed E-state index contributed by atoms with van der Waals surface area (Å²) in [6.45, 7) is 9.67. The lowest BCUT2D eigenvalue weighted by Crippen LogP contribution is -2.34. The number of hydrogen-bond acceptors (Lipinski definition) is 3. The van der Waals surface area contributed by atoms with Crippen LogP contribution in [0.5, 0.6) is 0 Å².